The van der Waals surface area contributed by atoms with E-state index >= 15 is 0 Å². The average Bonchev–Trinajstić information content (AvgIpc) is 3.08. The average molecular weight is 358 g/mol. The number of fused-ring (bicyclic) bond motifs is 1. The van der Waals surface area contributed by atoms with Gasteiger partial charge in [0.05, 0.1) is 11.4 Å². The number of hydrogen-bond donors (Lipinski definition) is 0. The lowest BCUT2D eigenvalue weighted by Crippen LogP contribution is -2.28. The van der Waals surface area contributed by atoms with E-state index in [4.69, 9.17) is 5.10 Å². The van der Waals surface area contributed by atoms with E-state index in [0.717, 1.165) is 34.6 Å². The van der Waals surface area contributed by atoms with Crippen molar-refractivity contribution in [3.05, 3.63) is 71.4 Å². The zero-order valence-corrected chi connectivity index (χ0v) is 16.5. The number of hydrogen-bond acceptors (Lipinski definition) is 2. The van der Waals surface area contributed by atoms with Crippen molar-refractivity contribution in [3.8, 4) is 16.9 Å². The number of benzene rings is 2. The molecule has 0 aliphatic heterocycles. The summed E-state index contributed by atoms with van der Waals surface area (Å²) in [4.78, 5) is 12.9. The van der Waals surface area contributed by atoms with Crippen LogP contribution in [0.1, 0.15) is 68.1 Å². The molecule has 27 heavy (non-hydrogen) atoms. The van der Waals surface area contributed by atoms with Crippen LogP contribution < -0.4 is 0 Å². The Morgan fingerprint density at radius 1 is 1.00 bits per heavy atom. The molecule has 0 spiro atoms. The van der Waals surface area contributed by atoms with Gasteiger partial charge in [-0.1, -0.05) is 70.2 Å². The molecule has 0 unspecified atom stereocenters. The number of rotatable bonds is 3. The maximum atomic E-state index is 12.9. The van der Waals surface area contributed by atoms with E-state index in [-0.39, 0.29) is 11.2 Å². The minimum absolute atomic E-state index is 0.0788. The Morgan fingerprint density at radius 3 is 2.30 bits per heavy atom. The van der Waals surface area contributed by atoms with Crippen LogP contribution in [0, 0.1) is 0 Å². The van der Waals surface area contributed by atoms with E-state index in [2.05, 4.69) is 64.1 Å². The van der Waals surface area contributed by atoms with Crippen LogP contribution in [0.3, 0.4) is 0 Å². The molecule has 0 N–H and O–H groups in total. The first-order valence-corrected chi connectivity index (χ1v) is 9.71. The molecule has 4 rings (SSSR count). The molecule has 1 heterocycles. The molecule has 0 saturated carbocycles. The lowest BCUT2D eigenvalue weighted by atomic mass is 9.73. The van der Waals surface area contributed by atoms with Crippen LogP contribution in [-0.4, -0.2) is 15.6 Å². The number of ketones is 1. The summed E-state index contributed by atoms with van der Waals surface area (Å²) >= 11 is 0. The number of carbonyl (C=O) groups excluding carboxylic acids is 1. The van der Waals surface area contributed by atoms with Crippen molar-refractivity contribution in [1.29, 1.82) is 0 Å². The third-order valence-corrected chi connectivity index (χ3v) is 5.65. The van der Waals surface area contributed by atoms with Crippen molar-refractivity contribution < 1.29 is 4.79 Å². The first-order chi connectivity index (χ1) is 12.9. The van der Waals surface area contributed by atoms with Gasteiger partial charge in [0.15, 0.2) is 5.78 Å². The fourth-order valence-electron chi connectivity index (χ4n) is 3.97. The third-order valence-electron chi connectivity index (χ3n) is 5.65. The first kappa shape index (κ1) is 17.7. The lowest BCUT2D eigenvalue weighted by Gasteiger charge is -2.30. The van der Waals surface area contributed by atoms with Crippen LogP contribution in [0.2, 0.25) is 0 Å². The molecule has 3 heteroatoms. The van der Waals surface area contributed by atoms with Crippen LogP contribution in [0.4, 0.5) is 0 Å². The minimum atomic E-state index is -0.0788. The van der Waals surface area contributed by atoms with Gasteiger partial charge in [-0.15, -0.1) is 0 Å². The Labute approximate surface area is 161 Å². The van der Waals surface area contributed by atoms with E-state index in [1.54, 1.807) is 0 Å². The first-order valence-electron chi connectivity index (χ1n) is 9.71. The van der Waals surface area contributed by atoms with Crippen molar-refractivity contribution in [2.24, 2.45) is 0 Å². The second-order valence-electron chi connectivity index (χ2n) is 8.40. The maximum absolute atomic E-state index is 12.9. The van der Waals surface area contributed by atoms with Crippen molar-refractivity contribution in [3.63, 3.8) is 0 Å². The van der Waals surface area contributed by atoms with Gasteiger partial charge in [-0.25, -0.2) is 4.68 Å². The summed E-state index contributed by atoms with van der Waals surface area (Å²) in [5, 5.41) is 4.95. The van der Waals surface area contributed by atoms with E-state index in [1.165, 1.54) is 5.56 Å². The molecule has 3 nitrogen and oxygen atoms in total. The molecule has 3 aromatic rings. The van der Waals surface area contributed by atoms with Crippen molar-refractivity contribution >= 4 is 5.78 Å². The third kappa shape index (κ3) is 3.01. The highest BCUT2D eigenvalue weighted by atomic mass is 16.1. The Bertz CT molecular complexity index is 979. The molecule has 0 atom stereocenters. The van der Waals surface area contributed by atoms with Crippen LogP contribution in [0.5, 0.6) is 0 Å². The second-order valence-corrected chi connectivity index (χ2v) is 8.40. The Hall–Kier alpha value is -2.68. The van der Waals surface area contributed by atoms with Gasteiger partial charge in [-0.2, -0.15) is 5.10 Å². The smallest absolute Gasteiger partial charge is 0.181 e. The van der Waals surface area contributed by atoms with E-state index in [9.17, 15) is 4.79 Å². The molecule has 1 aliphatic carbocycles. The molecule has 0 saturated heterocycles. The Balaban J connectivity index is 1.96. The summed E-state index contributed by atoms with van der Waals surface area (Å²) < 4.78 is 1.87. The van der Waals surface area contributed by atoms with Gasteiger partial charge in [0.2, 0.25) is 0 Å². The van der Waals surface area contributed by atoms with Crippen LogP contribution in [0.15, 0.2) is 54.6 Å². The number of aromatic nitrogens is 2. The van der Waals surface area contributed by atoms with Crippen molar-refractivity contribution in [2.45, 2.75) is 51.9 Å². The van der Waals surface area contributed by atoms with Crippen molar-refractivity contribution in [1.82, 2.24) is 9.78 Å². The quantitative estimate of drug-likeness (QED) is 0.583. The van der Waals surface area contributed by atoms with Crippen LogP contribution >= 0.6 is 0 Å². The molecule has 0 amide bonds. The molecule has 0 bridgehead atoms. The van der Waals surface area contributed by atoms with Gasteiger partial charge in [-0.05, 0) is 35.4 Å². The zero-order valence-electron chi connectivity index (χ0n) is 16.5. The van der Waals surface area contributed by atoms with Gasteiger partial charge >= 0.3 is 0 Å². The van der Waals surface area contributed by atoms with E-state index in [1.807, 2.05) is 22.9 Å². The van der Waals surface area contributed by atoms with E-state index in [0.29, 0.717) is 12.3 Å². The van der Waals surface area contributed by atoms with Crippen molar-refractivity contribution in [2.75, 3.05) is 0 Å². The van der Waals surface area contributed by atoms with Gasteiger partial charge in [0.25, 0.3) is 0 Å². The lowest BCUT2D eigenvalue weighted by molar-refractivity contribution is 0.0949. The van der Waals surface area contributed by atoms with Gasteiger partial charge in [-0.3, -0.25) is 4.79 Å². The largest absolute Gasteiger partial charge is 0.292 e. The monoisotopic (exact) mass is 358 g/mol. The molecule has 1 aromatic heterocycles. The summed E-state index contributed by atoms with van der Waals surface area (Å²) in [7, 11) is 0. The highest BCUT2D eigenvalue weighted by Gasteiger charge is 2.38. The molecule has 0 radical (unpaired) electrons. The maximum Gasteiger partial charge on any atom is 0.181 e. The molecular weight excluding hydrogens is 332 g/mol. The van der Waals surface area contributed by atoms with Gasteiger partial charge in [0, 0.05) is 17.5 Å². The summed E-state index contributed by atoms with van der Waals surface area (Å²) in [6.07, 6.45) is 1.43. The normalized spacial score (nSPS) is 15.8. The molecule has 0 fully saturated rings. The number of carbonyl (C=O) groups is 1. The Morgan fingerprint density at radius 2 is 1.67 bits per heavy atom. The summed E-state index contributed by atoms with van der Waals surface area (Å²) in [6, 6.07) is 18.6. The summed E-state index contributed by atoms with van der Waals surface area (Å²) in [5.41, 5.74) is 5.98. The molecule has 138 valence electrons. The topological polar surface area (TPSA) is 34.9 Å². The number of Topliss-reactive ketones (excluding diaryl/α,β-unsaturated/α-hetero) is 1. The predicted octanol–water partition coefficient (Wildman–Crippen LogP) is 5.92. The van der Waals surface area contributed by atoms with E-state index < -0.39 is 0 Å². The predicted molar refractivity (Wildman–Crippen MR) is 110 cm³/mol. The minimum Gasteiger partial charge on any atom is -0.292 e. The SMILES string of the molecule is CC(C)c1ccc(-n2nc(-c3ccccc3)c3c2C(=O)CCC3(C)C)cc1. The highest BCUT2D eigenvalue weighted by Crippen LogP contribution is 2.43. The molecule has 1 aliphatic rings. The Kier molecular flexibility index (Phi) is 4.26. The molecule has 2 aromatic carbocycles. The standard InChI is InChI=1S/C24H26N2O/c1-16(2)17-10-12-19(13-11-17)26-23-20(27)14-15-24(3,4)21(23)22(25-26)18-8-6-5-7-9-18/h5-13,16H,14-15H2,1-4H3. The molecular formula is C24H26N2O. The van der Waals surface area contributed by atoms with Gasteiger partial charge in [0.1, 0.15) is 5.69 Å². The fraction of sp³-hybridized carbons (Fsp3) is 0.333. The van der Waals surface area contributed by atoms with Crippen LogP contribution in [0.25, 0.3) is 16.9 Å². The highest BCUT2D eigenvalue weighted by molar-refractivity contribution is 6.00. The second kappa shape index (κ2) is 6.49. The number of nitrogens with zero attached hydrogens (tertiary/aromatic N) is 2. The van der Waals surface area contributed by atoms with Crippen LogP contribution in [-0.2, 0) is 5.41 Å². The summed E-state index contributed by atoms with van der Waals surface area (Å²) in [6.45, 7) is 8.81. The zero-order chi connectivity index (χ0) is 19.2. The fourth-order valence-corrected chi connectivity index (χ4v) is 3.97. The van der Waals surface area contributed by atoms with Gasteiger partial charge < -0.3 is 0 Å². The summed E-state index contributed by atoms with van der Waals surface area (Å²) in [5.74, 6) is 0.665.